The zero-order valence-electron chi connectivity index (χ0n) is 13.7. The van der Waals surface area contributed by atoms with Gasteiger partial charge in [0.2, 0.25) is 11.8 Å². The molecular weight excluding hydrogens is 312 g/mol. The first-order chi connectivity index (χ1) is 10.9. The van der Waals surface area contributed by atoms with Gasteiger partial charge in [0.05, 0.1) is 13.0 Å². The first-order valence-corrected chi connectivity index (χ1v) is 9.03. The summed E-state index contributed by atoms with van der Waals surface area (Å²) < 4.78 is 0. The van der Waals surface area contributed by atoms with E-state index < -0.39 is 0 Å². The van der Waals surface area contributed by atoms with E-state index in [-0.39, 0.29) is 35.7 Å². The lowest BCUT2D eigenvalue weighted by Gasteiger charge is -2.28. The van der Waals surface area contributed by atoms with Crippen molar-refractivity contribution >= 4 is 23.2 Å². The third kappa shape index (κ3) is 3.02. The van der Waals surface area contributed by atoms with Crippen LogP contribution in [0, 0.1) is 17.3 Å². The monoisotopic (exact) mass is 336 g/mol. The van der Waals surface area contributed by atoms with Crippen molar-refractivity contribution in [3.05, 3.63) is 22.4 Å². The maximum Gasteiger partial charge on any atom is 0.227 e. The molecule has 3 heterocycles. The van der Waals surface area contributed by atoms with E-state index in [1.54, 1.807) is 11.3 Å². The molecule has 6 heteroatoms. The first-order valence-electron chi connectivity index (χ1n) is 8.15. The topological polar surface area (TPSA) is 60.9 Å². The summed E-state index contributed by atoms with van der Waals surface area (Å²) in [4.78, 5) is 29.5. The molecule has 2 saturated heterocycles. The van der Waals surface area contributed by atoms with Crippen molar-refractivity contribution in [3.63, 3.8) is 0 Å². The molecule has 23 heavy (non-hydrogen) atoms. The van der Waals surface area contributed by atoms with Crippen LogP contribution in [0.4, 0.5) is 0 Å². The second-order valence-electron chi connectivity index (χ2n) is 7.12. The number of carbonyl (C=O) groups excluding carboxylic acids is 2. The summed E-state index contributed by atoms with van der Waals surface area (Å²) in [5, 5.41) is 11.9. The maximum atomic E-state index is 12.5. The van der Waals surface area contributed by atoms with Crippen LogP contribution in [0.15, 0.2) is 17.5 Å². The number of nitrogens with zero attached hydrogens (tertiary/aromatic N) is 2. The van der Waals surface area contributed by atoms with Gasteiger partial charge < -0.3 is 14.9 Å². The van der Waals surface area contributed by atoms with Crippen LogP contribution in [-0.2, 0) is 16.0 Å². The van der Waals surface area contributed by atoms with Crippen molar-refractivity contribution in [3.8, 4) is 0 Å². The molecule has 1 N–H and O–H groups in total. The number of thiophene rings is 1. The molecule has 0 aliphatic carbocycles. The van der Waals surface area contributed by atoms with Gasteiger partial charge in [-0.25, -0.2) is 0 Å². The van der Waals surface area contributed by atoms with Gasteiger partial charge in [-0.1, -0.05) is 19.9 Å². The number of rotatable bonds is 4. The van der Waals surface area contributed by atoms with Crippen molar-refractivity contribution in [2.24, 2.45) is 17.3 Å². The number of likely N-dealkylation sites (tertiary alicyclic amines) is 2. The van der Waals surface area contributed by atoms with E-state index in [0.717, 1.165) is 4.88 Å². The summed E-state index contributed by atoms with van der Waals surface area (Å²) in [5.41, 5.74) is -0.338. The van der Waals surface area contributed by atoms with Crippen molar-refractivity contribution in [1.82, 2.24) is 9.80 Å². The lowest BCUT2D eigenvalue weighted by Crippen LogP contribution is -2.41. The van der Waals surface area contributed by atoms with Gasteiger partial charge in [0.15, 0.2) is 0 Å². The molecular formula is C17H24N2O3S. The summed E-state index contributed by atoms with van der Waals surface area (Å²) in [6.45, 7) is 6.25. The van der Waals surface area contributed by atoms with Crippen LogP contribution in [0.5, 0.6) is 0 Å². The quantitative estimate of drug-likeness (QED) is 0.899. The highest BCUT2D eigenvalue weighted by Gasteiger charge is 2.54. The SMILES string of the molecule is CC(C)C(=O)N1C[C@@H]2CN(C(=O)Cc3cccs3)C[C@]2(CO)C1. The molecule has 0 aromatic carbocycles. The Morgan fingerprint density at radius 1 is 1.35 bits per heavy atom. The molecule has 2 aliphatic heterocycles. The summed E-state index contributed by atoms with van der Waals surface area (Å²) in [7, 11) is 0. The van der Waals surface area contributed by atoms with Crippen LogP contribution in [0.2, 0.25) is 0 Å². The van der Waals surface area contributed by atoms with Gasteiger partial charge in [0, 0.05) is 48.3 Å². The Bertz CT molecular complexity index is 587. The molecule has 2 amide bonds. The lowest BCUT2D eigenvalue weighted by molar-refractivity contribution is -0.134. The van der Waals surface area contributed by atoms with Gasteiger partial charge in [-0.3, -0.25) is 9.59 Å². The summed E-state index contributed by atoms with van der Waals surface area (Å²) in [6.07, 6.45) is 0.431. The molecule has 3 rings (SSSR count). The van der Waals surface area contributed by atoms with Crippen molar-refractivity contribution in [2.75, 3.05) is 32.8 Å². The van der Waals surface area contributed by atoms with Crippen molar-refractivity contribution in [1.29, 1.82) is 0 Å². The highest BCUT2D eigenvalue weighted by Crippen LogP contribution is 2.42. The minimum atomic E-state index is -0.338. The van der Waals surface area contributed by atoms with Gasteiger partial charge in [0.1, 0.15) is 0 Å². The van der Waals surface area contributed by atoms with Crippen LogP contribution < -0.4 is 0 Å². The van der Waals surface area contributed by atoms with Crippen LogP contribution in [0.1, 0.15) is 18.7 Å². The minimum absolute atomic E-state index is 0.0267. The van der Waals surface area contributed by atoms with Gasteiger partial charge >= 0.3 is 0 Å². The van der Waals surface area contributed by atoms with Gasteiger partial charge in [0.25, 0.3) is 0 Å². The fourth-order valence-electron chi connectivity index (χ4n) is 3.80. The smallest absolute Gasteiger partial charge is 0.227 e. The number of aliphatic hydroxyl groups excluding tert-OH is 1. The highest BCUT2D eigenvalue weighted by molar-refractivity contribution is 7.10. The van der Waals surface area contributed by atoms with Gasteiger partial charge in [-0.05, 0) is 11.4 Å². The van der Waals surface area contributed by atoms with Crippen LogP contribution in [-0.4, -0.2) is 59.5 Å². The number of fused-ring (bicyclic) bond motifs is 1. The van der Waals surface area contributed by atoms with Gasteiger partial charge in [-0.2, -0.15) is 0 Å². The number of aliphatic hydroxyl groups is 1. The average molecular weight is 336 g/mol. The average Bonchev–Trinajstić information content (AvgIpc) is 3.19. The number of hydrogen-bond donors (Lipinski definition) is 1. The van der Waals surface area contributed by atoms with Crippen LogP contribution in [0.3, 0.4) is 0 Å². The van der Waals surface area contributed by atoms with Crippen molar-refractivity contribution in [2.45, 2.75) is 20.3 Å². The zero-order chi connectivity index (χ0) is 16.6. The van der Waals surface area contributed by atoms with E-state index >= 15 is 0 Å². The maximum absolute atomic E-state index is 12.5. The van der Waals surface area contributed by atoms with E-state index in [0.29, 0.717) is 32.6 Å². The fraction of sp³-hybridized carbons (Fsp3) is 0.647. The Morgan fingerprint density at radius 2 is 2.04 bits per heavy atom. The third-order valence-electron chi connectivity index (χ3n) is 5.14. The van der Waals surface area contributed by atoms with Crippen molar-refractivity contribution < 1.29 is 14.7 Å². The number of carbonyl (C=O) groups is 2. The molecule has 0 unspecified atom stereocenters. The second-order valence-corrected chi connectivity index (χ2v) is 8.15. The molecule has 1 aromatic heterocycles. The summed E-state index contributed by atoms with van der Waals surface area (Å²) >= 11 is 1.59. The zero-order valence-corrected chi connectivity index (χ0v) is 14.5. The molecule has 5 nitrogen and oxygen atoms in total. The molecule has 0 saturated carbocycles. The predicted octanol–water partition coefficient (Wildman–Crippen LogP) is 1.23. The Labute approximate surface area is 140 Å². The van der Waals surface area contributed by atoms with E-state index in [4.69, 9.17) is 0 Å². The Balaban J connectivity index is 1.66. The van der Waals surface area contributed by atoms with Crippen LogP contribution >= 0.6 is 11.3 Å². The van der Waals surface area contributed by atoms with E-state index in [1.165, 1.54) is 0 Å². The van der Waals surface area contributed by atoms with Gasteiger partial charge in [-0.15, -0.1) is 11.3 Å². The second kappa shape index (κ2) is 6.24. The third-order valence-corrected chi connectivity index (χ3v) is 6.01. The summed E-state index contributed by atoms with van der Waals surface area (Å²) in [6, 6.07) is 3.93. The minimum Gasteiger partial charge on any atom is -0.396 e. The largest absolute Gasteiger partial charge is 0.396 e. The lowest BCUT2D eigenvalue weighted by atomic mass is 9.82. The Morgan fingerprint density at radius 3 is 2.61 bits per heavy atom. The standard InChI is InChI=1S/C17H24N2O3S/c1-12(2)16(22)19-8-13-7-18(9-17(13,10-19)11-20)15(21)6-14-4-3-5-23-14/h3-5,12-13,20H,6-11H2,1-2H3/t13-,17+/m0/s1. The van der Waals surface area contributed by atoms with E-state index in [9.17, 15) is 14.7 Å². The Hall–Kier alpha value is -1.40. The molecule has 2 fully saturated rings. The number of amides is 2. The molecule has 2 atom stereocenters. The normalized spacial score (nSPS) is 26.9. The molecule has 2 aliphatic rings. The Kier molecular flexibility index (Phi) is 4.47. The first kappa shape index (κ1) is 16.5. The van der Waals surface area contributed by atoms with E-state index in [1.807, 2.05) is 41.2 Å². The predicted molar refractivity (Wildman–Crippen MR) is 89.0 cm³/mol. The molecule has 0 radical (unpaired) electrons. The summed E-state index contributed by atoms with van der Waals surface area (Å²) in [5.74, 6) is 0.420. The molecule has 126 valence electrons. The highest BCUT2D eigenvalue weighted by atomic mass is 32.1. The molecule has 1 aromatic rings. The van der Waals surface area contributed by atoms with Crippen LogP contribution in [0.25, 0.3) is 0 Å². The molecule has 0 bridgehead atoms. The van der Waals surface area contributed by atoms with E-state index in [2.05, 4.69) is 0 Å². The molecule has 0 spiro atoms. The fourth-order valence-corrected chi connectivity index (χ4v) is 4.50. The number of hydrogen-bond acceptors (Lipinski definition) is 4.